The van der Waals surface area contributed by atoms with Crippen molar-refractivity contribution in [1.29, 1.82) is 0 Å². The maximum atomic E-state index is 12.4. The Bertz CT molecular complexity index is 762. The van der Waals surface area contributed by atoms with Crippen molar-refractivity contribution in [3.63, 3.8) is 0 Å². The van der Waals surface area contributed by atoms with Crippen LogP contribution in [-0.4, -0.2) is 72.1 Å². The normalized spacial score (nSPS) is 19.2. The number of aliphatic hydroxyl groups excluding tert-OH is 1. The molecule has 2 atom stereocenters. The van der Waals surface area contributed by atoms with Crippen molar-refractivity contribution in [2.24, 2.45) is 5.92 Å². The van der Waals surface area contributed by atoms with Crippen molar-refractivity contribution in [2.45, 2.75) is 13.0 Å². The van der Waals surface area contributed by atoms with Crippen LogP contribution < -0.4 is 15.4 Å². The summed E-state index contributed by atoms with van der Waals surface area (Å²) < 4.78 is 10.5. The number of aliphatic hydroxyl groups is 1. The number of hydrogen-bond donors (Lipinski definition) is 3. The van der Waals surface area contributed by atoms with Crippen LogP contribution in [0.5, 0.6) is 5.75 Å². The average Bonchev–Trinajstić information content (AvgIpc) is 3.26. The van der Waals surface area contributed by atoms with Gasteiger partial charge in [-0.05, 0) is 31.2 Å². The predicted octanol–water partition coefficient (Wildman–Crippen LogP) is -0.0890. The van der Waals surface area contributed by atoms with Gasteiger partial charge in [0.25, 0.3) is 5.91 Å². The van der Waals surface area contributed by atoms with Gasteiger partial charge in [0.2, 0.25) is 0 Å². The molecule has 146 valence electrons. The first-order valence-electron chi connectivity index (χ1n) is 8.91. The molecule has 0 spiro atoms. The van der Waals surface area contributed by atoms with Crippen LogP contribution in [0, 0.1) is 12.8 Å². The highest BCUT2D eigenvalue weighted by atomic mass is 16.5. The maximum absolute atomic E-state index is 12.4. The van der Waals surface area contributed by atoms with Gasteiger partial charge in [-0.15, -0.1) is 5.10 Å². The Labute approximate surface area is 157 Å². The van der Waals surface area contributed by atoms with E-state index in [1.807, 2.05) is 24.3 Å². The molecule has 1 saturated heterocycles. The molecule has 1 aromatic heterocycles. The molecule has 1 aliphatic rings. The Hall–Kier alpha value is -2.49. The van der Waals surface area contributed by atoms with Crippen LogP contribution in [-0.2, 0) is 4.74 Å². The van der Waals surface area contributed by atoms with Crippen LogP contribution in [0.3, 0.4) is 0 Å². The number of nitrogens with one attached hydrogen (secondary N) is 2. The van der Waals surface area contributed by atoms with Crippen LogP contribution in [0.4, 0.5) is 0 Å². The van der Waals surface area contributed by atoms with E-state index >= 15 is 0 Å². The summed E-state index contributed by atoms with van der Waals surface area (Å²) in [6, 6.07) is 7.28. The molecule has 0 saturated carbocycles. The minimum Gasteiger partial charge on any atom is -0.491 e. The molecule has 27 heavy (non-hydrogen) atoms. The first-order valence-corrected chi connectivity index (χ1v) is 8.91. The zero-order chi connectivity index (χ0) is 19.2. The molecule has 0 aliphatic carbocycles. The molecule has 2 aromatic rings. The second-order valence-corrected chi connectivity index (χ2v) is 6.45. The number of aryl methyl sites for hydroxylation is 1. The van der Waals surface area contributed by atoms with Gasteiger partial charge in [0, 0.05) is 32.7 Å². The topological polar surface area (TPSA) is 111 Å². The van der Waals surface area contributed by atoms with Crippen molar-refractivity contribution in [1.82, 2.24) is 25.6 Å². The second kappa shape index (κ2) is 8.94. The molecule has 1 amide bonds. The van der Waals surface area contributed by atoms with Gasteiger partial charge in [-0.25, -0.2) is 0 Å². The molecule has 3 N–H and O–H groups in total. The van der Waals surface area contributed by atoms with Crippen LogP contribution in [0.1, 0.15) is 16.2 Å². The summed E-state index contributed by atoms with van der Waals surface area (Å²) in [5.41, 5.74) is 1.54. The second-order valence-electron chi connectivity index (χ2n) is 6.45. The predicted molar refractivity (Wildman–Crippen MR) is 98.2 cm³/mol. The summed E-state index contributed by atoms with van der Waals surface area (Å²) in [5, 5.41) is 24.4. The van der Waals surface area contributed by atoms with E-state index < -0.39 is 6.10 Å². The lowest BCUT2D eigenvalue weighted by molar-refractivity contribution is 0.0921. The third-order valence-electron chi connectivity index (χ3n) is 4.45. The quantitative estimate of drug-likeness (QED) is 0.553. The number of methoxy groups -OCH3 is 1. The number of ether oxygens (including phenoxy) is 2. The number of amides is 1. The lowest BCUT2D eigenvalue weighted by atomic mass is 10.1. The molecule has 0 bridgehead atoms. The fourth-order valence-electron chi connectivity index (χ4n) is 2.86. The standard InChI is InChI=1S/C18H25N5O4/c1-12-17(18(25)20-10-13-9-19-11-16(13)24)22-23(21-12)14-3-5-15(6-4-14)27-8-7-26-2/h3-6,13,16,19,24H,7-11H2,1-2H3,(H,20,25). The number of β-amino-alcohol motifs (C(OH)–C–C–N with tert-alkyl or cyclic N) is 1. The number of nitrogens with zero attached hydrogens (tertiary/aromatic N) is 3. The number of rotatable bonds is 8. The Balaban J connectivity index is 1.62. The van der Waals surface area contributed by atoms with Crippen LogP contribution in [0.25, 0.3) is 5.69 Å². The highest BCUT2D eigenvalue weighted by molar-refractivity contribution is 5.93. The van der Waals surface area contributed by atoms with Gasteiger partial charge >= 0.3 is 0 Å². The Morgan fingerprint density at radius 2 is 2.07 bits per heavy atom. The average molecular weight is 375 g/mol. The zero-order valence-corrected chi connectivity index (χ0v) is 15.5. The number of aromatic nitrogens is 3. The van der Waals surface area contributed by atoms with Crippen molar-refractivity contribution in [3.8, 4) is 11.4 Å². The number of hydrogen-bond acceptors (Lipinski definition) is 7. The molecule has 1 fully saturated rings. The summed E-state index contributed by atoms with van der Waals surface area (Å²) in [4.78, 5) is 13.8. The first-order chi connectivity index (χ1) is 13.1. The smallest absolute Gasteiger partial charge is 0.273 e. The summed E-state index contributed by atoms with van der Waals surface area (Å²) >= 11 is 0. The van der Waals surface area contributed by atoms with Gasteiger partial charge < -0.3 is 25.2 Å². The van der Waals surface area contributed by atoms with E-state index in [2.05, 4.69) is 20.8 Å². The third-order valence-corrected chi connectivity index (χ3v) is 4.45. The van der Waals surface area contributed by atoms with Crippen LogP contribution >= 0.6 is 0 Å². The van der Waals surface area contributed by atoms with Gasteiger partial charge in [0.1, 0.15) is 12.4 Å². The summed E-state index contributed by atoms with van der Waals surface area (Å²) in [6.45, 7) is 4.38. The van der Waals surface area contributed by atoms with Gasteiger partial charge in [-0.2, -0.15) is 9.90 Å². The van der Waals surface area contributed by atoms with Crippen molar-refractivity contribution < 1.29 is 19.4 Å². The minimum absolute atomic E-state index is 0.00922. The van der Waals surface area contributed by atoms with E-state index in [0.29, 0.717) is 38.5 Å². The highest BCUT2D eigenvalue weighted by Crippen LogP contribution is 2.15. The van der Waals surface area contributed by atoms with E-state index in [0.717, 1.165) is 11.4 Å². The summed E-state index contributed by atoms with van der Waals surface area (Å²) in [5.74, 6) is 0.439. The zero-order valence-electron chi connectivity index (χ0n) is 15.5. The van der Waals surface area contributed by atoms with Crippen molar-refractivity contribution in [2.75, 3.05) is 40.0 Å². The highest BCUT2D eigenvalue weighted by Gasteiger charge is 2.26. The van der Waals surface area contributed by atoms with Crippen molar-refractivity contribution >= 4 is 5.91 Å². The number of carbonyl (C=O) groups excluding carboxylic acids is 1. The maximum Gasteiger partial charge on any atom is 0.273 e. The fourth-order valence-corrected chi connectivity index (χ4v) is 2.86. The number of benzene rings is 1. The first kappa shape index (κ1) is 19.3. The number of carbonyl (C=O) groups is 1. The molecule has 9 nitrogen and oxygen atoms in total. The van der Waals surface area contributed by atoms with Crippen LogP contribution in [0.2, 0.25) is 0 Å². The molecule has 2 heterocycles. The SMILES string of the molecule is COCCOc1ccc(-n2nc(C)c(C(=O)NCC3CNCC3O)n2)cc1. The Morgan fingerprint density at radius 1 is 1.30 bits per heavy atom. The van der Waals surface area contributed by atoms with E-state index in [-0.39, 0.29) is 17.5 Å². The Kier molecular flexibility index (Phi) is 6.38. The summed E-state index contributed by atoms with van der Waals surface area (Å²) in [7, 11) is 1.62. The van der Waals surface area contributed by atoms with E-state index in [1.54, 1.807) is 14.0 Å². The van der Waals surface area contributed by atoms with E-state index in [1.165, 1.54) is 4.80 Å². The van der Waals surface area contributed by atoms with Crippen molar-refractivity contribution in [3.05, 3.63) is 35.7 Å². The Morgan fingerprint density at radius 3 is 2.74 bits per heavy atom. The molecular weight excluding hydrogens is 350 g/mol. The van der Waals surface area contributed by atoms with Gasteiger partial charge in [-0.3, -0.25) is 4.79 Å². The molecular formula is C18H25N5O4. The van der Waals surface area contributed by atoms with Gasteiger partial charge in [0.15, 0.2) is 5.69 Å². The molecule has 3 rings (SSSR count). The largest absolute Gasteiger partial charge is 0.491 e. The monoisotopic (exact) mass is 375 g/mol. The minimum atomic E-state index is -0.438. The van der Waals surface area contributed by atoms with E-state index in [9.17, 15) is 9.90 Å². The molecule has 1 aromatic carbocycles. The van der Waals surface area contributed by atoms with Gasteiger partial charge in [0.05, 0.1) is 24.1 Å². The molecule has 0 radical (unpaired) electrons. The van der Waals surface area contributed by atoms with E-state index in [4.69, 9.17) is 9.47 Å². The fraction of sp³-hybridized carbons (Fsp3) is 0.500. The molecule has 9 heteroatoms. The third kappa shape index (κ3) is 4.82. The molecule has 2 unspecified atom stereocenters. The van der Waals surface area contributed by atoms with Gasteiger partial charge in [-0.1, -0.05) is 0 Å². The lowest BCUT2D eigenvalue weighted by Crippen LogP contribution is -2.34. The summed E-state index contributed by atoms with van der Waals surface area (Å²) in [6.07, 6.45) is -0.438. The lowest BCUT2D eigenvalue weighted by Gasteiger charge is -2.13. The molecule has 1 aliphatic heterocycles. The van der Waals surface area contributed by atoms with Crippen LogP contribution in [0.15, 0.2) is 24.3 Å².